The number of ketones is 1. The third-order valence-corrected chi connectivity index (χ3v) is 16.0. The summed E-state index contributed by atoms with van der Waals surface area (Å²) in [5.74, 6) is -3.41. The number of carbonyl (C=O) groups excluding carboxylic acids is 4. The third-order valence-electron chi connectivity index (χ3n) is 14.8. The first kappa shape index (κ1) is 71.5. The highest BCUT2D eigenvalue weighted by Crippen LogP contribution is 2.48. The van der Waals surface area contributed by atoms with Crippen LogP contribution in [-0.2, 0) is 66.2 Å². The summed E-state index contributed by atoms with van der Waals surface area (Å²) < 4.78 is 97.5. The van der Waals surface area contributed by atoms with E-state index < -0.39 is 76.9 Å². The van der Waals surface area contributed by atoms with Gasteiger partial charge in [-0.15, -0.1) is 25.1 Å². The maximum absolute atomic E-state index is 14.5. The van der Waals surface area contributed by atoms with E-state index in [1.807, 2.05) is 0 Å². The largest absolute Gasteiger partial charge is 0.507 e. The van der Waals surface area contributed by atoms with Gasteiger partial charge in [0.2, 0.25) is 12.2 Å². The zero-order chi connectivity index (χ0) is 66.6. The van der Waals surface area contributed by atoms with Crippen molar-refractivity contribution < 1.29 is 109 Å². The quantitative estimate of drug-likeness (QED) is 0.0166. The lowest BCUT2D eigenvalue weighted by molar-refractivity contribution is -0.277. The molecule has 1 fully saturated rings. The van der Waals surface area contributed by atoms with E-state index in [9.17, 15) is 53.1 Å². The monoisotopic (exact) mass is 1340 g/mol. The Hall–Kier alpha value is -7.34. The Morgan fingerprint density at radius 2 is 1.45 bits per heavy atom. The number of aliphatic hydroxyl groups excluding tert-OH is 4. The lowest BCUT2D eigenvalue weighted by Crippen LogP contribution is -2.60. The number of methoxy groups -OCH3 is 1. The van der Waals surface area contributed by atoms with Crippen molar-refractivity contribution >= 4 is 72.9 Å². The van der Waals surface area contributed by atoms with Gasteiger partial charge in [0.1, 0.15) is 47.3 Å². The van der Waals surface area contributed by atoms with Gasteiger partial charge in [0, 0.05) is 78.9 Å². The minimum atomic E-state index is -5.30. The number of aromatic nitrogens is 4. The zero-order valence-corrected chi connectivity index (χ0v) is 53.3. The molecule has 0 aliphatic carbocycles. The molecule has 2 aromatic heterocycles. The Morgan fingerprint density at radius 1 is 0.785 bits per heavy atom. The molecule has 0 saturated carbocycles. The third kappa shape index (κ3) is 19.4. The number of fused-ring (bicyclic) bond motifs is 4. The number of rotatable bonds is 39. The topological polar surface area (TPSA) is 379 Å². The van der Waals surface area contributed by atoms with E-state index >= 15 is 0 Å². The van der Waals surface area contributed by atoms with Gasteiger partial charge in [-0.1, -0.05) is 12.1 Å². The number of H-pyrrole nitrogens is 1. The van der Waals surface area contributed by atoms with E-state index in [4.69, 9.17) is 67.3 Å². The highest BCUT2D eigenvalue weighted by Gasteiger charge is 2.45. The molecule has 6 atom stereocenters. The number of benzene rings is 4. The molecular weight excluding hydrogens is 1270 g/mol. The molecule has 8 rings (SSSR count). The second-order valence-corrected chi connectivity index (χ2v) is 22.8. The first-order valence-electron chi connectivity index (χ1n) is 29.9. The maximum Gasteiger partial charge on any atom is 0.501 e. The fraction of sp³-hybridized carbons (Fsp3) is 0.508. The Labute approximate surface area is 540 Å². The molecule has 6 aromatic rings. The Bertz CT molecular complexity index is 3590. The lowest BCUT2D eigenvalue weighted by Gasteiger charge is -2.39. The van der Waals surface area contributed by atoms with Crippen molar-refractivity contribution in [2.75, 3.05) is 137 Å². The van der Waals surface area contributed by atoms with Gasteiger partial charge in [-0.3, -0.25) is 19.2 Å². The second kappa shape index (κ2) is 34.7. The number of hydrogen-bond donors (Lipinski definition) is 7. The summed E-state index contributed by atoms with van der Waals surface area (Å²) in [4.78, 5) is 57.6. The van der Waals surface area contributed by atoms with Crippen molar-refractivity contribution in [2.45, 2.75) is 70.0 Å². The summed E-state index contributed by atoms with van der Waals surface area (Å²) in [5.41, 5.74) is 1.74. The van der Waals surface area contributed by atoms with Gasteiger partial charge in [0.25, 0.3) is 11.8 Å². The summed E-state index contributed by atoms with van der Waals surface area (Å²) in [5, 5.41) is 64.4. The second-order valence-electron chi connectivity index (χ2n) is 21.4. The highest BCUT2D eigenvalue weighted by atomic mass is 35.5. The molecule has 1 saturated heterocycles. The van der Waals surface area contributed by atoms with Gasteiger partial charge in [0.05, 0.1) is 130 Å². The van der Waals surface area contributed by atoms with Crippen LogP contribution in [0.1, 0.15) is 68.6 Å². The number of alkyl halides is 1. The molecule has 0 radical (unpaired) electrons. The van der Waals surface area contributed by atoms with E-state index in [-0.39, 0.29) is 89.9 Å². The predicted octanol–water partition coefficient (Wildman–Crippen LogP) is 2.61. The number of phenols is 1. The number of aromatic hydroxyl groups is 1. The highest BCUT2D eigenvalue weighted by molar-refractivity contribution is 7.82. The first-order valence-corrected chi connectivity index (χ1v) is 31.8. The molecule has 2 aliphatic rings. The van der Waals surface area contributed by atoms with E-state index in [1.165, 1.54) is 61.2 Å². The minimum absolute atomic E-state index is 0.0100. The number of nitrogens with zero attached hydrogens (tertiary/aromatic N) is 5. The van der Waals surface area contributed by atoms with Crippen LogP contribution >= 0.6 is 11.6 Å². The predicted molar refractivity (Wildman–Crippen MR) is 331 cm³/mol. The van der Waals surface area contributed by atoms with Gasteiger partial charge in [-0.25, -0.2) is 4.68 Å². The van der Waals surface area contributed by atoms with Gasteiger partial charge >= 0.3 is 10.4 Å². The summed E-state index contributed by atoms with van der Waals surface area (Å²) in [6.45, 7) is 8.02. The van der Waals surface area contributed by atoms with Crippen LogP contribution in [0.2, 0.25) is 0 Å². The molecular formula is C61H78ClN7O23S. The van der Waals surface area contributed by atoms with Crippen molar-refractivity contribution in [1.29, 1.82) is 0 Å². The molecule has 2 aliphatic heterocycles. The van der Waals surface area contributed by atoms with Crippen LogP contribution < -0.4 is 28.1 Å². The number of ether oxygens (including phenoxy) is 10. The minimum Gasteiger partial charge on any atom is -0.507 e. The van der Waals surface area contributed by atoms with E-state index in [1.54, 1.807) is 36.0 Å². The average molecular weight is 1340 g/mol. The first-order chi connectivity index (χ1) is 44.8. The van der Waals surface area contributed by atoms with Crippen molar-refractivity contribution in [3.05, 3.63) is 94.9 Å². The van der Waals surface area contributed by atoms with Crippen LogP contribution in [0.25, 0.3) is 21.7 Å². The van der Waals surface area contributed by atoms with Crippen LogP contribution in [0.4, 0.5) is 5.69 Å². The number of hydrogen-bond acceptors (Lipinski definition) is 25. The lowest BCUT2D eigenvalue weighted by atomic mass is 9.95. The van der Waals surface area contributed by atoms with E-state index in [0.717, 1.165) is 12.1 Å². The zero-order valence-electron chi connectivity index (χ0n) is 51.8. The number of phenolic OH excluding ortho intramolecular Hbond substituents is 1. The van der Waals surface area contributed by atoms with Gasteiger partial charge in [-0.05, 0) is 66.4 Å². The van der Waals surface area contributed by atoms with E-state index in [0.29, 0.717) is 125 Å². The maximum atomic E-state index is 14.5. The van der Waals surface area contributed by atoms with Crippen LogP contribution in [-0.4, -0.2) is 245 Å². The summed E-state index contributed by atoms with van der Waals surface area (Å²) >= 11 is 6.57. The molecule has 30 nitrogen and oxygen atoms in total. The average Bonchev–Trinajstić information content (AvgIpc) is 1.64. The van der Waals surface area contributed by atoms with Crippen LogP contribution in [0.5, 0.6) is 28.7 Å². The number of likely N-dealkylation sites (N-methyl/N-ethyl adjacent to an activating group) is 1. The Morgan fingerprint density at radius 3 is 2.11 bits per heavy atom. The van der Waals surface area contributed by atoms with Gasteiger partial charge < -0.3 is 101 Å². The van der Waals surface area contributed by atoms with Crippen molar-refractivity contribution in [1.82, 2.24) is 30.2 Å². The molecule has 3 amide bonds. The normalized spacial score (nSPS) is 18.0. The van der Waals surface area contributed by atoms with Crippen molar-refractivity contribution in [3.8, 4) is 28.7 Å². The number of halogens is 1. The summed E-state index contributed by atoms with van der Waals surface area (Å²) in [6.07, 6.45) is -6.67. The number of aliphatic hydroxyl groups is 4. The summed E-state index contributed by atoms with van der Waals surface area (Å²) in [6, 6.07) is 13.8. The smallest absolute Gasteiger partial charge is 0.501 e. The van der Waals surface area contributed by atoms with Crippen LogP contribution in [0.3, 0.4) is 0 Å². The Balaban J connectivity index is 0.839. The SMILES string of the molecule is CCC(=O)NCCOCCOCCOCCOCCOCCOCc1cn(CCOCCN(C)C(=O)c2ccc(O[C@@H]3O[C@H](CO)[C@H](O)[C@H](O)C3O)c(OS(=O)(=O)Oc3cc4c(c5cc(OC)ccc35)[C@H](CCl)CN4C(=O)c3cc4cc(C(C)=O)c(O)cc4[nH]3)c2)nn1. The number of anilines is 1. The number of aromatic amines is 1. The number of nitrogens with one attached hydrogen (secondary N) is 2. The van der Waals surface area contributed by atoms with Crippen molar-refractivity contribution in [2.24, 2.45) is 0 Å². The fourth-order valence-electron chi connectivity index (χ4n) is 9.96. The molecule has 93 heavy (non-hydrogen) atoms. The van der Waals surface area contributed by atoms with Crippen molar-refractivity contribution in [3.63, 3.8) is 0 Å². The molecule has 0 bridgehead atoms. The van der Waals surface area contributed by atoms with Gasteiger partial charge in [0.15, 0.2) is 23.0 Å². The van der Waals surface area contributed by atoms with Crippen LogP contribution in [0.15, 0.2) is 66.9 Å². The summed E-state index contributed by atoms with van der Waals surface area (Å²) in [7, 11) is -2.39. The number of carbonyl (C=O) groups is 4. The molecule has 32 heteroatoms. The molecule has 1 unspecified atom stereocenters. The Kier molecular flexibility index (Phi) is 26.7. The standard InChI is InChI=1S/C61H78ClN7O23S/c1-5-54(73)63-10-13-82-16-17-84-18-19-85-20-21-86-22-23-87-24-25-88-36-41-34-68(66-65-41)12-15-83-14-11-67(3)59(77)38-6-9-50(89-61-58(76)57(75)56(74)53(35-70)90-61)52(28-38)92-93(79,80)91-51-31-48-55(45-29-42(81-4)7-8-43(45)51)40(32-62)33-69(48)60(78)47-27-39-26-44(37(2)71)49(72)30-46(39)64-47/h6-9,26-31,34,40,53,56-58,61,64,70,72,74-76H,5,10-25,32-33,35-36H2,1-4H3,(H,63,73)/t40-,53-,56+,57+,58?,61-/m1/s1. The van der Waals surface area contributed by atoms with Gasteiger partial charge in [-0.2, -0.15) is 0 Å². The van der Waals surface area contributed by atoms with Crippen LogP contribution in [0, 0.1) is 0 Å². The fourth-order valence-corrected chi connectivity index (χ4v) is 11.0. The molecule has 7 N–H and O–H groups in total. The molecule has 0 spiro atoms. The molecule has 4 aromatic carbocycles. The van der Waals surface area contributed by atoms with E-state index in [2.05, 4.69) is 20.6 Å². The number of amides is 3. The molecule has 4 heterocycles. The molecule has 508 valence electrons. The number of Topliss-reactive ketones (excluding diaryl/α,β-unsaturated/α-hetero) is 1.